The van der Waals surface area contributed by atoms with Gasteiger partial charge < -0.3 is 9.84 Å². The van der Waals surface area contributed by atoms with E-state index in [4.69, 9.17) is 4.74 Å². The summed E-state index contributed by atoms with van der Waals surface area (Å²) in [6.45, 7) is 0. The van der Waals surface area contributed by atoms with Crippen LogP contribution in [0.1, 0.15) is 6.42 Å². The van der Waals surface area contributed by atoms with E-state index in [1.165, 1.54) is 0 Å². The van der Waals surface area contributed by atoms with Crippen LogP contribution in [0.2, 0.25) is 0 Å². The molecule has 10 heavy (non-hydrogen) atoms. The van der Waals surface area contributed by atoms with E-state index < -0.39 is 6.10 Å². The zero-order valence-corrected chi connectivity index (χ0v) is 6.13. The van der Waals surface area contributed by atoms with Gasteiger partial charge in [0, 0.05) is 5.75 Å². The van der Waals surface area contributed by atoms with Crippen molar-refractivity contribution in [2.75, 3.05) is 5.75 Å². The van der Waals surface area contributed by atoms with Gasteiger partial charge in [0.15, 0.2) is 0 Å². The van der Waals surface area contributed by atoms with Crippen molar-refractivity contribution >= 4 is 17.7 Å². The molecular formula is C6H8O3S. The molecule has 0 amide bonds. The minimum Gasteiger partial charge on any atom is -0.458 e. The largest absolute Gasteiger partial charge is 0.458 e. The molecule has 0 radical (unpaired) electrons. The molecule has 0 saturated carbocycles. The van der Waals surface area contributed by atoms with Gasteiger partial charge in [-0.1, -0.05) is 0 Å². The summed E-state index contributed by atoms with van der Waals surface area (Å²) in [5, 5.41) is 9.44. The Bertz CT molecular complexity index is 170. The number of ether oxygens (including phenoxy) is 1. The van der Waals surface area contributed by atoms with Crippen molar-refractivity contribution in [2.24, 2.45) is 0 Å². The second kappa shape index (κ2) is 2.13. The van der Waals surface area contributed by atoms with Crippen LogP contribution in [0.4, 0.5) is 0 Å². The van der Waals surface area contributed by atoms with Crippen LogP contribution < -0.4 is 0 Å². The maximum atomic E-state index is 10.7. The molecule has 0 bridgehead atoms. The molecule has 2 rings (SSSR count). The summed E-state index contributed by atoms with van der Waals surface area (Å²) < 4.78 is 4.89. The molecule has 3 atom stereocenters. The lowest BCUT2D eigenvalue weighted by Gasteiger charge is -2.09. The number of hydrogen-bond donors (Lipinski definition) is 1. The van der Waals surface area contributed by atoms with Crippen LogP contribution in [0.15, 0.2) is 0 Å². The number of fused-ring (bicyclic) bond motifs is 1. The number of aliphatic hydroxyl groups excluding tert-OH is 1. The highest BCUT2D eigenvalue weighted by Crippen LogP contribution is 2.36. The predicted molar refractivity (Wildman–Crippen MR) is 36.7 cm³/mol. The van der Waals surface area contributed by atoms with E-state index in [1.54, 1.807) is 11.8 Å². The Morgan fingerprint density at radius 2 is 2.50 bits per heavy atom. The number of rotatable bonds is 0. The van der Waals surface area contributed by atoms with Crippen LogP contribution in [0, 0.1) is 0 Å². The van der Waals surface area contributed by atoms with E-state index in [2.05, 4.69) is 0 Å². The van der Waals surface area contributed by atoms with Gasteiger partial charge in [0.05, 0.1) is 11.7 Å². The normalized spacial score (nSPS) is 45.3. The summed E-state index contributed by atoms with van der Waals surface area (Å²) in [6.07, 6.45) is -0.161. The molecule has 56 valence electrons. The maximum Gasteiger partial charge on any atom is 0.307 e. The first-order valence-electron chi connectivity index (χ1n) is 3.26. The average Bonchev–Trinajstić information content (AvgIpc) is 2.35. The van der Waals surface area contributed by atoms with Gasteiger partial charge in [-0.3, -0.25) is 4.79 Å². The van der Waals surface area contributed by atoms with Crippen molar-refractivity contribution in [3.8, 4) is 0 Å². The molecule has 2 aliphatic heterocycles. The van der Waals surface area contributed by atoms with Crippen molar-refractivity contribution in [1.29, 1.82) is 0 Å². The standard InChI is InChI=1S/C6H8O3S/c7-3-2-10-4-1-5(8)9-6(3)4/h3-4,6-7H,1-2H2/t3-,4+,6+/m0/s1. The molecule has 0 aromatic heterocycles. The highest BCUT2D eigenvalue weighted by Gasteiger charge is 2.44. The summed E-state index contributed by atoms with van der Waals surface area (Å²) in [7, 11) is 0. The SMILES string of the molecule is O=C1C[C@H]2SC[C@H](O)[C@H]2O1. The molecule has 0 spiro atoms. The van der Waals surface area contributed by atoms with E-state index in [-0.39, 0.29) is 17.3 Å². The van der Waals surface area contributed by atoms with E-state index in [9.17, 15) is 9.90 Å². The summed E-state index contributed by atoms with van der Waals surface area (Å²) in [5.74, 6) is 0.545. The number of esters is 1. The molecule has 0 aliphatic carbocycles. The third-order valence-electron chi connectivity index (χ3n) is 1.86. The van der Waals surface area contributed by atoms with Gasteiger partial charge >= 0.3 is 5.97 Å². The molecule has 4 heteroatoms. The van der Waals surface area contributed by atoms with Crippen LogP contribution in [-0.4, -0.2) is 34.3 Å². The molecule has 2 saturated heterocycles. The van der Waals surface area contributed by atoms with Gasteiger partial charge in [-0.15, -0.1) is 0 Å². The van der Waals surface area contributed by atoms with E-state index in [0.717, 1.165) is 0 Å². The average molecular weight is 160 g/mol. The minimum absolute atomic E-state index is 0.166. The third-order valence-corrected chi connectivity index (χ3v) is 3.26. The molecular weight excluding hydrogens is 152 g/mol. The van der Waals surface area contributed by atoms with Crippen LogP contribution >= 0.6 is 11.8 Å². The van der Waals surface area contributed by atoms with Crippen molar-refractivity contribution in [2.45, 2.75) is 23.9 Å². The van der Waals surface area contributed by atoms with Gasteiger partial charge in [-0.25, -0.2) is 0 Å². The number of hydrogen-bond acceptors (Lipinski definition) is 4. The van der Waals surface area contributed by atoms with Crippen molar-refractivity contribution in [3.05, 3.63) is 0 Å². The smallest absolute Gasteiger partial charge is 0.307 e. The second-order valence-electron chi connectivity index (χ2n) is 2.60. The van der Waals surface area contributed by atoms with E-state index in [0.29, 0.717) is 12.2 Å². The highest BCUT2D eigenvalue weighted by molar-refractivity contribution is 8.00. The monoisotopic (exact) mass is 160 g/mol. The molecule has 2 aliphatic rings. The Kier molecular flexibility index (Phi) is 1.38. The van der Waals surface area contributed by atoms with E-state index >= 15 is 0 Å². The zero-order chi connectivity index (χ0) is 7.14. The predicted octanol–water partition coefficient (Wildman–Crippen LogP) is -0.222. The van der Waals surface area contributed by atoms with Crippen LogP contribution in [0.3, 0.4) is 0 Å². The van der Waals surface area contributed by atoms with Crippen LogP contribution in [0.25, 0.3) is 0 Å². The molecule has 0 aromatic rings. The van der Waals surface area contributed by atoms with E-state index in [1.807, 2.05) is 0 Å². The third kappa shape index (κ3) is 0.828. The van der Waals surface area contributed by atoms with Gasteiger partial charge in [-0.2, -0.15) is 11.8 Å². The number of aliphatic hydroxyl groups is 1. The number of carbonyl (C=O) groups excluding carboxylic acids is 1. The second-order valence-corrected chi connectivity index (χ2v) is 3.87. The van der Waals surface area contributed by atoms with Crippen molar-refractivity contribution in [3.63, 3.8) is 0 Å². The Balaban J connectivity index is 2.12. The first kappa shape index (κ1) is 6.49. The first-order valence-corrected chi connectivity index (χ1v) is 4.31. The first-order chi connectivity index (χ1) is 4.77. The van der Waals surface area contributed by atoms with Crippen LogP contribution in [0.5, 0.6) is 0 Å². The quantitative estimate of drug-likeness (QED) is 0.497. The molecule has 0 aromatic carbocycles. The fourth-order valence-electron chi connectivity index (χ4n) is 1.35. The molecule has 0 unspecified atom stereocenters. The number of thioether (sulfide) groups is 1. The van der Waals surface area contributed by atoms with Crippen molar-refractivity contribution < 1.29 is 14.6 Å². The van der Waals surface area contributed by atoms with Crippen LogP contribution in [-0.2, 0) is 9.53 Å². The van der Waals surface area contributed by atoms with Gasteiger partial charge in [-0.05, 0) is 0 Å². The Hall–Kier alpha value is -0.220. The lowest BCUT2D eigenvalue weighted by atomic mass is 10.1. The minimum atomic E-state index is -0.429. The highest BCUT2D eigenvalue weighted by atomic mass is 32.2. The van der Waals surface area contributed by atoms with Crippen molar-refractivity contribution in [1.82, 2.24) is 0 Å². The molecule has 2 fully saturated rings. The zero-order valence-electron chi connectivity index (χ0n) is 5.32. The Morgan fingerprint density at radius 1 is 1.70 bits per heavy atom. The Morgan fingerprint density at radius 3 is 3.20 bits per heavy atom. The van der Waals surface area contributed by atoms with Gasteiger partial charge in [0.1, 0.15) is 12.2 Å². The lowest BCUT2D eigenvalue weighted by Crippen LogP contribution is -2.26. The molecule has 1 N–H and O–H groups in total. The summed E-state index contributed by atoms with van der Waals surface area (Å²) in [6, 6.07) is 0. The Labute approximate surface area is 62.7 Å². The fraction of sp³-hybridized carbons (Fsp3) is 0.833. The summed E-state index contributed by atoms with van der Waals surface area (Å²) >= 11 is 1.63. The topological polar surface area (TPSA) is 46.5 Å². The summed E-state index contributed by atoms with van der Waals surface area (Å²) in [5.41, 5.74) is 0. The van der Waals surface area contributed by atoms with Gasteiger partial charge in [0.25, 0.3) is 0 Å². The fourth-order valence-corrected chi connectivity index (χ4v) is 2.67. The lowest BCUT2D eigenvalue weighted by molar-refractivity contribution is -0.144. The number of carbonyl (C=O) groups is 1. The molecule has 2 heterocycles. The maximum absolute atomic E-state index is 10.7. The van der Waals surface area contributed by atoms with Gasteiger partial charge in [0.2, 0.25) is 0 Å². The summed E-state index contributed by atoms with van der Waals surface area (Å²) in [4.78, 5) is 10.7. The molecule has 3 nitrogen and oxygen atoms in total.